The van der Waals surface area contributed by atoms with Crippen LogP contribution in [0.15, 0.2) is 21.1 Å². The molecule has 0 amide bonds. The Bertz CT molecular complexity index is 625. The molecule has 2 heterocycles. The van der Waals surface area contributed by atoms with E-state index < -0.39 is 0 Å². The molecule has 1 aromatic heterocycles. The highest BCUT2D eigenvalue weighted by atomic mass is 79.9. The largest absolute Gasteiger partial charge is 0.486 e. The monoisotopic (exact) mass is 324 g/mol. The van der Waals surface area contributed by atoms with Gasteiger partial charge < -0.3 is 19.7 Å². The summed E-state index contributed by atoms with van der Waals surface area (Å²) >= 11 is 3.51. The summed E-state index contributed by atoms with van der Waals surface area (Å²) in [6.07, 6.45) is 0.807. The lowest BCUT2D eigenvalue weighted by Crippen LogP contribution is -2.17. The Hall–Kier alpha value is -1.69. The Kier molecular flexibility index (Phi) is 3.10. The molecule has 0 radical (unpaired) electrons. The maximum atomic E-state index is 5.75. The van der Waals surface area contributed by atoms with Crippen LogP contribution in [0.25, 0.3) is 11.3 Å². The third-order valence-corrected chi connectivity index (χ3v) is 3.62. The molecule has 19 heavy (non-hydrogen) atoms. The number of benzene rings is 1. The Morgan fingerprint density at radius 2 is 2.00 bits per heavy atom. The molecule has 0 atom stereocenters. The van der Waals surface area contributed by atoms with Gasteiger partial charge in [0.25, 0.3) is 0 Å². The minimum absolute atomic E-state index is 0.295. The first kappa shape index (κ1) is 12.3. The van der Waals surface area contributed by atoms with Crippen molar-refractivity contribution >= 4 is 21.8 Å². The summed E-state index contributed by atoms with van der Waals surface area (Å²) in [6, 6.07) is 3.67. The normalized spacial score (nSPS) is 13.6. The van der Waals surface area contributed by atoms with Crippen molar-refractivity contribution in [2.45, 2.75) is 13.3 Å². The van der Waals surface area contributed by atoms with Gasteiger partial charge in [-0.2, -0.15) is 0 Å². The fourth-order valence-corrected chi connectivity index (χ4v) is 2.74. The molecule has 0 spiro atoms. The molecule has 1 aliphatic rings. The fraction of sp³-hybridized carbons (Fsp3) is 0.308. The van der Waals surface area contributed by atoms with Crippen molar-refractivity contribution in [3.05, 3.63) is 22.2 Å². The van der Waals surface area contributed by atoms with Crippen LogP contribution in [0.1, 0.15) is 12.5 Å². The van der Waals surface area contributed by atoms with E-state index in [2.05, 4.69) is 28.0 Å². The fourth-order valence-electron chi connectivity index (χ4n) is 2.22. The lowest BCUT2D eigenvalue weighted by molar-refractivity contribution is 0.169. The number of ether oxygens (including phenoxy) is 2. The number of hydrogen-bond donors (Lipinski definition) is 1. The third-order valence-electron chi connectivity index (χ3n) is 3.03. The number of hydrogen-bond acceptors (Lipinski definition) is 5. The SMILES string of the molecule is CCc1c(-c2cc(N)on2)cc(Br)c2c1OCCO2. The van der Waals surface area contributed by atoms with Gasteiger partial charge in [-0.05, 0) is 28.4 Å². The van der Waals surface area contributed by atoms with E-state index in [-0.39, 0.29) is 0 Å². The minimum atomic E-state index is 0.295. The number of nitrogens with two attached hydrogens (primary N) is 1. The second kappa shape index (κ2) is 4.77. The van der Waals surface area contributed by atoms with Crippen LogP contribution in [0.3, 0.4) is 0 Å². The van der Waals surface area contributed by atoms with E-state index in [4.69, 9.17) is 19.7 Å². The molecule has 0 unspecified atom stereocenters. The Morgan fingerprint density at radius 3 is 2.63 bits per heavy atom. The Labute approximate surface area is 118 Å². The van der Waals surface area contributed by atoms with Gasteiger partial charge in [0, 0.05) is 17.2 Å². The molecule has 2 N–H and O–H groups in total. The number of nitrogen functional groups attached to an aromatic ring is 1. The van der Waals surface area contributed by atoms with Gasteiger partial charge in [0.15, 0.2) is 11.5 Å². The summed E-state index contributed by atoms with van der Waals surface area (Å²) in [5.74, 6) is 1.83. The van der Waals surface area contributed by atoms with Crippen LogP contribution in [0, 0.1) is 0 Å². The highest BCUT2D eigenvalue weighted by Crippen LogP contribution is 2.45. The van der Waals surface area contributed by atoms with Crippen LogP contribution in [0.2, 0.25) is 0 Å². The minimum Gasteiger partial charge on any atom is -0.486 e. The molecular formula is C13H13BrN2O3. The van der Waals surface area contributed by atoms with Gasteiger partial charge in [-0.3, -0.25) is 0 Å². The van der Waals surface area contributed by atoms with Crippen molar-refractivity contribution in [1.82, 2.24) is 5.16 Å². The molecule has 1 aromatic carbocycles. The predicted molar refractivity (Wildman–Crippen MR) is 74.4 cm³/mol. The summed E-state index contributed by atoms with van der Waals surface area (Å²) in [5.41, 5.74) is 8.28. The summed E-state index contributed by atoms with van der Waals surface area (Å²) in [6.45, 7) is 3.18. The summed E-state index contributed by atoms with van der Waals surface area (Å²) in [4.78, 5) is 0. The van der Waals surface area contributed by atoms with Gasteiger partial charge in [0.1, 0.15) is 18.9 Å². The number of rotatable bonds is 2. The zero-order valence-electron chi connectivity index (χ0n) is 10.4. The topological polar surface area (TPSA) is 70.5 Å². The number of halogens is 1. The van der Waals surface area contributed by atoms with Gasteiger partial charge in [-0.25, -0.2) is 0 Å². The van der Waals surface area contributed by atoms with E-state index in [1.165, 1.54) is 0 Å². The highest BCUT2D eigenvalue weighted by molar-refractivity contribution is 9.10. The van der Waals surface area contributed by atoms with Crippen molar-refractivity contribution in [3.8, 4) is 22.8 Å². The molecule has 1 aliphatic heterocycles. The number of fused-ring (bicyclic) bond motifs is 1. The number of anilines is 1. The van der Waals surface area contributed by atoms with Crippen molar-refractivity contribution in [2.24, 2.45) is 0 Å². The van der Waals surface area contributed by atoms with Crippen LogP contribution in [-0.4, -0.2) is 18.4 Å². The standard InChI is InChI=1S/C13H13BrN2O3/c1-2-7-8(10-6-11(15)19-16-10)5-9(14)13-12(7)17-3-4-18-13/h5-6H,2-4,15H2,1H3. The smallest absolute Gasteiger partial charge is 0.222 e. The summed E-state index contributed by atoms with van der Waals surface area (Å²) in [5, 5.41) is 3.97. The summed E-state index contributed by atoms with van der Waals surface area (Å²) < 4.78 is 17.2. The van der Waals surface area contributed by atoms with Gasteiger partial charge in [-0.15, -0.1) is 0 Å². The van der Waals surface area contributed by atoms with Crippen LogP contribution in [0.5, 0.6) is 11.5 Å². The van der Waals surface area contributed by atoms with Crippen molar-refractivity contribution < 1.29 is 14.0 Å². The number of nitrogens with zero attached hydrogens (tertiary/aromatic N) is 1. The molecule has 6 heteroatoms. The number of aromatic nitrogens is 1. The zero-order valence-corrected chi connectivity index (χ0v) is 12.0. The molecule has 0 saturated carbocycles. The van der Waals surface area contributed by atoms with Crippen molar-refractivity contribution in [1.29, 1.82) is 0 Å². The molecule has 0 fully saturated rings. The molecule has 0 aliphatic carbocycles. The first-order chi connectivity index (χ1) is 9.20. The molecule has 2 aromatic rings. The molecular weight excluding hydrogens is 312 g/mol. The van der Waals surface area contributed by atoms with Gasteiger partial charge in [0.2, 0.25) is 5.88 Å². The lowest BCUT2D eigenvalue weighted by Gasteiger charge is -2.23. The molecule has 0 saturated heterocycles. The van der Waals surface area contributed by atoms with Crippen molar-refractivity contribution in [2.75, 3.05) is 18.9 Å². The predicted octanol–water partition coefficient (Wildman–Crippen LogP) is 3.02. The van der Waals surface area contributed by atoms with E-state index in [9.17, 15) is 0 Å². The zero-order chi connectivity index (χ0) is 13.4. The Morgan fingerprint density at radius 1 is 1.26 bits per heavy atom. The maximum absolute atomic E-state index is 5.75. The lowest BCUT2D eigenvalue weighted by atomic mass is 10.0. The quantitative estimate of drug-likeness (QED) is 0.919. The van der Waals surface area contributed by atoms with E-state index >= 15 is 0 Å². The first-order valence-electron chi connectivity index (χ1n) is 6.04. The van der Waals surface area contributed by atoms with E-state index in [0.717, 1.165) is 33.5 Å². The highest BCUT2D eigenvalue weighted by Gasteiger charge is 2.23. The second-order valence-electron chi connectivity index (χ2n) is 4.21. The van der Waals surface area contributed by atoms with Gasteiger partial charge in [0.05, 0.1) is 4.47 Å². The molecule has 100 valence electrons. The van der Waals surface area contributed by atoms with Gasteiger partial charge >= 0.3 is 0 Å². The van der Waals surface area contributed by atoms with Crippen LogP contribution in [-0.2, 0) is 6.42 Å². The van der Waals surface area contributed by atoms with E-state index in [1.54, 1.807) is 6.07 Å². The van der Waals surface area contributed by atoms with Gasteiger partial charge in [-0.1, -0.05) is 12.1 Å². The average Bonchev–Trinajstić information content (AvgIpc) is 2.85. The van der Waals surface area contributed by atoms with E-state index in [0.29, 0.717) is 24.8 Å². The van der Waals surface area contributed by atoms with Crippen LogP contribution in [0.4, 0.5) is 5.88 Å². The van der Waals surface area contributed by atoms with Crippen LogP contribution >= 0.6 is 15.9 Å². The Balaban J connectivity index is 2.22. The van der Waals surface area contributed by atoms with Crippen molar-refractivity contribution in [3.63, 3.8) is 0 Å². The average molecular weight is 325 g/mol. The summed E-state index contributed by atoms with van der Waals surface area (Å²) in [7, 11) is 0. The first-order valence-corrected chi connectivity index (χ1v) is 6.83. The van der Waals surface area contributed by atoms with E-state index in [1.807, 2.05) is 6.07 Å². The maximum Gasteiger partial charge on any atom is 0.222 e. The third kappa shape index (κ3) is 2.06. The molecule has 0 bridgehead atoms. The molecule has 3 rings (SSSR count). The molecule has 5 nitrogen and oxygen atoms in total. The second-order valence-corrected chi connectivity index (χ2v) is 5.06. The van der Waals surface area contributed by atoms with Crippen LogP contribution < -0.4 is 15.2 Å².